The van der Waals surface area contributed by atoms with Gasteiger partial charge in [-0.15, -0.1) is 0 Å². The van der Waals surface area contributed by atoms with Gasteiger partial charge in [0.15, 0.2) is 11.5 Å². The lowest BCUT2D eigenvalue weighted by Gasteiger charge is -2.14. The second-order valence-corrected chi connectivity index (χ2v) is 5.55. The molecule has 1 unspecified atom stereocenters. The minimum Gasteiger partial charge on any atom is -0.454 e. The van der Waals surface area contributed by atoms with E-state index in [2.05, 4.69) is 26.6 Å². The van der Waals surface area contributed by atoms with E-state index in [1.165, 1.54) is 0 Å². The molecule has 1 heterocycles. The molecule has 1 atom stereocenters. The number of rotatable bonds is 7. The predicted molar refractivity (Wildman–Crippen MR) is 81.5 cm³/mol. The molecular formula is C14H19BrN2O4. The molecule has 0 spiro atoms. The summed E-state index contributed by atoms with van der Waals surface area (Å²) in [5, 5.41) is 5.97. The van der Waals surface area contributed by atoms with Gasteiger partial charge < -0.3 is 24.8 Å². The highest BCUT2D eigenvalue weighted by Crippen LogP contribution is 2.39. The van der Waals surface area contributed by atoms with Gasteiger partial charge in [0.1, 0.15) is 0 Å². The van der Waals surface area contributed by atoms with E-state index in [1.807, 2.05) is 19.1 Å². The SMILES string of the molecule is COCCNC(=O)C(C)NCc1cc(Br)c2c(c1)OCO2. The quantitative estimate of drug-likeness (QED) is 0.721. The molecule has 116 valence electrons. The summed E-state index contributed by atoms with van der Waals surface area (Å²) in [6, 6.07) is 3.58. The molecule has 0 fully saturated rings. The smallest absolute Gasteiger partial charge is 0.236 e. The zero-order valence-electron chi connectivity index (χ0n) is 12.1. The lowest BCUT2D eigenvalue weighted by molar-refractivity contribution is -0.122. The standard InChI is InChI=1S/C14H19BrN2O4/c1-9(14(18)16-3-4-19-2)17-7-10-5-11(15)13-12(6-10)20-8-21-13/h5-6,9,17H,3-4,7-8H2,1-2H3,(H,16,18). The molecule has 1 aliphatic heterocycles. The van der Waals surface area contributed by atoms with E-state index in [0.29, 0.717) is 19.7 Å². The van der Waals surface area contributed by atoms with Crippen molar-refractivity contribution in [3.05, 3.63) is 22.2 Å². The normalized spacial score (nSPS) is 14.0. The van der Waals surface area contributed by atoms with Crippen LogP contribution in [0.1, 0.15) is 12.5 Å². The van der Waals surface area contributed by atoms with Gasteiger partial charge in [0, 0.05) is 20.2 Å². The average Bonchev–Trinajstić information content (AvgIpc) is 2.93. The van der Waals surface area contributed by atoms with E-state index < -0.39 is 0 Å². The highest BCUT2D eigenvalue weighted by atomic mass is 79.9. The van der Waals surface area contributed by atoms with Crippen LogP contribution >= 0.6 is 15.9 Å². The summed E-state index contributed by atoms with van der Waals surface area (Å²) in [5.74, 6) is 1.40. The number of hydrogen-bond acceptors (Lipinski definition) is 5. The van der Waals surface area contributed by atoms with Gasteiger partial charge in [0.2, 0.25) is 12.7 Å². The van der Waals surface area contributed by atoms with Crippen LogP contribution in [0.2, 0.25) is 0 Å². The summed E-state index contributed by atoms with van der Waals surface area (Å²) in [7, 11) is 1.60. The summed E-state index contributed by atoms with van der Waals surface area (Å²) in [6.07, 6.45) is 0. The first-order chi connectivity index (χ1) is 10.1. The van der Waals surface area contributed by atoms with Gasteiger partial charge in [-0.3, -0.25) is 4.79 Å². The Kier molecular flexibility index (Phi) is 5.84. The van der Waals surface area contributed by atoms with E-state index >= 15 is 0 Å². The van der Waals surface area contributed by atoms with Crippen LogP contribution in [0.15, 0.2) is 16.6 Å². The number of ether oxygens (including phenoxy) is 3. The van der Waals surface area contributed by atoms with Crippen molar-refractivity contribution >= 4 is 21.8 Å². The number of fused-ring (bicyclic) bond motifs is 1. The highest BCUT2D eigenvalue weighted by molar-refractivity contribution is 9.10. The molecule has 0 bridgehead atoms. The summed E-state index contributed by atoms with van der Waals surface area (Å²) in [6.45, 7) is 3.64. The Labute approximate surface area is 132 Å². The van der Waals surface area contributed by atoms with Crippen molar-refractivity contribution in [3.8, 4) is 11.5 Å². The van der Waals surface area contributed by atoms with Gasteiger partial charge in [0.25, 0.3) is 0 Å². The fraction of sp³-hybridized carbons (Fsp3) is 0.500. The molecule has 0 radical (unpaired) electrons. The third-order valence-electron chi connectivity index (χ3n) is 3.10. The van der Waals surface area contributed by atoms with Crippen molar-refractivity contribution in [1.82, 2.24) is 10.6 Å². The fourth-order valence-electron chi connectivity index (χ4n) is 1.92. The Balaban J connectivity index is 1.85. The molecule has 1 aliphatic rings. The Hall–Kier alpha value is -1.31. The minimum absolute atomic E-state index is 0.0492. The Morgan fingerprint density at radius 3 is 3.05 bits per heavy atom. The van der Waals surface area contributed by atoms with Gasteiger partial charge in [-0.2, -0.15) is 0 Å². The first kappa shape index (κ1) is 16.1. The average molecular weight is 359 g/mol. The van der Waals surface area contributed by atoms with Gasteiger partial charge in [0.05, 0.1) is 17.1 Å². The van der Waals surface area contributed by atoms with Crippen molar-refractivity contribution in [2.24, 2.45) is 0 Å². The number of methoxy groups -OCH3 is 1. The van der Waals surface area contributed by atoms with Gasteiger partial charge >= 0.3 is 0 Å². The van der Waals surface area contributed by atoms with Gasteiger partial charge in [-0.05, 0) is 40.5 Å². The van der Waals surface area contributed by atoms with Crippen molar-refractivity contribution in [3.63, 3.8) is 0 Å². The molecule has 0 saturated carbocycles. The van der Waals surface area contributed by atoms with E-state index in [-0.39, 0.29) is 18.7 Å². The molecule has 0 saturated heterocycles. The monoisotopic (exact) mass is 358 g/mol. The van der Waals surface area contributed by atoms with E-state index in [4.69, 9.17) is 14.2 Å². The summed E-state index contributed by atoms with van der Waals surface area (Å²) >= 11 is 3.45. The van der Waals surface area contributed by atoms with Crippen LogP contribution in [-0.2, 0) is 16.1 Å². The van der Waals surface area contributed by atoms with Crippen LogP contribution in [0.4, 0.5) is 0 Å². The molecule has 2 rings (SSSR count). The predicted octanol–water partition coefficient (Wildman–Crippen LogP) is 1.42. The Morgan fingerprint density at radius 1 is 1.48 bits per heavy atom. The Morgan fingerprint density at radius 2 is 2.29 bits per heavy atom. The molecule has 2 N–H and O–H groups in total. The second kappa shape index (κ2) is 7.63. The van der Waals surface area contributed by atoms with Gasteiger partial charge in [-0.25, -0.2) is 0 Å². The molecule has 1 aromatic rings. The first-order valence-electron chi connectivity index (χ1n) is 6.70. The Bertz CT molecular complexity index is 510. The van der Waals surface area contributed by atoms with Crippen molar-refractivity contribution < 1.29 is 19.0 Å². The second-order valence-electron chi connectivity index (χ2n) is 4.70. The maximum atomic E-state index is 11.8. The molecule has 21 heavy (non-hydrogen) atoms. The van der Waals surface area contributed by atoms with E-state index in [0.717, 1.165) is 21.5 Å². The summed E-state index contributed by atoms with van der Waals surface area (Å²) in [5.41, 5.74) is 1.02. The zero-order chi connectivity index (χ0) is 15.2. The fourth-order valence-corrected chi connectivity index (χ4v) is 2.52. The number of carbonyl (C=O) groups excluding carboxylic acids is 1. The largest absolute Gasteiger partial charge is 0.454 e. The van der Waals surface area contributed by atoms with E-state index in [1.54, 1.807) is 7.11 Å². The van der Waals surface area contributed by atoms with E-state index in [9.17, 15) is 4.79 Å². The number of carbonyl (C=O) groups is 1. The third kappa shape index (κ3) is 4.33. The van der Waals surface area contributed by atoms with Crippen LogP contribution < -0.4 is 20.1 Å². The van der Waals surface area contributed by atoms with Crippen LogP contribution in [0.3, 0.4) is 0 Å². The van der Waals surface area contributed by atoms with Crippen LogP contribution in [0, 0.1) is 0 Å². The van der Waals surface area contributed by atoms with Crippen LogP contribution in [-0.4, -0.2) is 39.0 Å². The zero-order valence-corrected chi connectivity index (χ0v) is 13.7. The number of halogens is 1. The molecule has 1 amide bonds. The third-order valence-corrected chi connectivity index (χ3v) is 3.69. The van der Waals surface area contributed by atoms with Gasteiger partial charge in [-0.1, -0.05) is 0 Å². The summed E-state index contributed by atoms with van der Waals surface area (Å²) in [4.78, 5) is 11.8. The molecule has 1 aromatic carbocycles. The molecule has 0 aliphatic carbocycles. The number of benzene rings is 1. The number of nitrogens with one attached hydrogen (secondary N) is 2. The number of hydrogen-bond donors (Lipinski definition) is 2. The van der Waals surface area contributed by atoms with Crippen LogP contribution in [0.5, 0.6) is 11.5 Å². The molecule has 0 aromatic heterocycles. The number of amides is 1. The maximum Gasteiger partial charge on any atom is 0.236 e. The van der Waals surface area contributed by atoms with Crippen molar-refractivity contribution in [2.45, 2.75) is 19.5 Å². The minimum atomic E-state index is -0.286. The lowest BCUT2D eigenvalue weighted by atomic mass is 10.2. The first-order valence-corrected chi connectivity index (χ1v) is 7.49. The molecule has 7 heteroatoms. The maximum absolute atomic E-state index is 11.8. The van der Waals surface area contributed by atoms with Crippen molar-refractivity contribution in [1.29, 1.82) is 0 Å². The van der Waals surface area contributed by atoms with Crippen LogP contribution in [0.25, 0.3) is 0 Å². The highest BCUT2D eigenvalue weighted by Gasteiger charge is 2.18. The topological polar surface area (TPSA) is 68.8 Å². The lowest BCUT2D eigenvalue weighted by Crippen LogP contribution is -2.42. The summed E-state index contributed by atoms with van der Waals surface area (Å²) < 4.78 is 16.4. The van der Waals surface area contributed by atoms with Crippen molar-refractivity contribution in [2.75, 3.05) is 27.1 Å². The molecule has 6 nitrogen and oxygen atoms in total. The molecular weight excluding hydrogens is 340 g/mol.